The van der Waals surface area contributed by atoms with Gasteiger partial charge in [0.25, 0.3) is 0 Å². The third-order valence-electron chi connectivity index (χ3n) is 4.44. The number of imidazole rings is 1. The van der Waals surface area contributed by atoms with Crippen molar-refractivity contribution < 1.29 is 4.74 Å². The van der Waals surface area contributed by atoms with E-state index in [-0.39, 0.29) is 0 Å². The minimum atomic E-state index is 0.643. The number of ether oxygens (including phenoxy) is 1. The van der Waals surface area contributed by atoms with Crippen molar-refractivity contribution in [3.8, 4) is 11.6 Å². The number of nitrogens with zero attached hydrogens (tertiary/aromatic N) is 4. The van der Waals surface area contributed by atoms with E-state index in [0.29, 0.717) is 6.54 Å². The fourth-order valence-corrected chi connectivity index (χ4v) is 2.92. The summed E-state index contributed by atoms with van der Waals surface area (Å²) in [7, 11) is 3.46. The normalized spacial score (nSPS) is 11.3. The Kier molecular flexibility index (Phi) is 6.62. The lowest BCUT2D eigenvalue weighted by Gasteiger charge is -2.13. The highest BCUT2D eigenvalue weighted by Crippen LogP contribution is 2.17. The van der Waals surface area contributed by atoms with Gasteiger partial charge in [-0.2, -0.15) is 0 Å². The van der Waals surface area contributed by atoms with Crippen molar-refractivity contribution in [2.45, 2.75) is 19.9 Å². The van der Waals surface area contributed by atoms with Crippen molar-refractivity contribution in [1.82, 2.24) is 25.2 Å². The van der Waals surface area contributed by atoms with Gasteiger partial charge in [0.1, 0.15) is 17.4 Å². The summed E-state index contributed by atoms with van der Waals surface area (Å²) >= 11 is 0. The van der Waals surface area contributed by atoms with Gasteiger partial charge in [0.05, 0.1) is 7.11 Å². The molecule has 0 atom stereocenters. The fourth-order valence-electron chi connectivity index (χ4n) is 2.92. The predicted molar refractivity (Wildman–Crippen MR) is 111 cm³/mol. The number of nitrogens with one attached hydrogen (secondary N) is 2. The Balaban J connectivity index is 1.49. The smallest absolute Gasteiger partial charge is 0.191 e. The molecule has 0 saturated heterocycles. The first kappa shape index (κ1) is 19.4. The summed E-state index contributed by atoms with van der Waals surface area (Å²) in [4.78, 5) is 13.0. The largest absolute Gasteiger partial charge is 0.496 e. The zero-order chi connectivity index (χ0) is 19.8. The summed E-state index contributed by atoms with van der Waals surface area (Å²) in [6, 6.07) is 12.1. The molecule has 0 aliphatic carbocycles. The number of guanidine groups is 1. The van der Waals surface area contributed by atoms with E-state index in [1.54, 1.807) is 20.4 Å². The van der Waals surface area contributed by atoms with Crippen LogP contribution in [0.4, 0.5) is 0 Å². The lowest BCUT2D eigenvalue weighted by Crippen LogP contribution is -2.37. The highest BCUT2D eigenvalue weighted by Gasteiger charge is 2.04. The summed E-state index contributed by atoms with van der Waals surface area (Å²) in [5.41, 5.74) is 2.25. The molecule has 0 aliphatic rings. The van der Waals surface area contributed by atoms with Crippen LogP contribution >= 0.6 is 0 Å². The van der Waals surface area contributed by atoms with Gasteiger partial charge in [-0.25, -0.2) is 9.97 Å². The van der Waals surface area contributed by atoms with Crippen LogP contribution in [0.3, 0.4) is 0 Å². The molecule has 3 aromatic rings. The average molecular weight is 378 g/mol. The number of aryl methyl sites for hydroxylation is 1. The number of hydrogen-bond donors (Lipinski definition) is 2. The van der Waals surface area contributed by atoms with Crippen LogP contribution in [0.2, 0.25) is 0 Å². The molecule has 7 heteroatoms. The summed E-state index contributed by atoms with van der Waals surface area (Å²) in [6.45, 7) is 3.36. The molecule has 0 amide bonds. The lowest BCUT2D eigenvalue weighted by molar-refractivity contribution is 0.409. The summed E-state index contributed by atoms with van der Waals surface area (Å²) in [5.74, 6) is 3.44. The van der Waals surface area contributed by atoms with Crippen molar-refractivity contribution >= 4 is 5.96 Å². The van der Waals surface area contributed by atoms with Crippen molar-refractivity contribution in [3.63, 3.8) is 0 Å². The van der Waals surface area contributed by atoms with Gasteiger partial charge in [0.15, 0.2) is 5.96 Å². The summed E-state index contributed by atoms with van der Waals surface area (Å²) in [6.07, 6.45) is 6.39. The summed E-state index contributed by atoms with van der Waals surface area (Å²) in [5, 5.41) is 6.65. The number of pyridine rings is 1. The van der Waals surface area contributed by atoms with E-state index in [0.717, 1.165) is 41.9 Å². The second kappa shape index (κ2) is 9.55. The van der Waals surface area contributed by atoms with Crippen LogP contribution in [0.25, 0.3) is 5.82 Å². The lowest BCUT2D eigenvalue weighted by atomic mass is 10.1. The monoisotopic (exact) mass is 378 g/mol. The third kappa shape index (κ3) is 4.88. The van der Waals surface area contributed by atoms with Gasteiger partial charge in [0.2, 0.25) is 0 Å². The zero-order valence-electron chi connectivity index (χ0n) is 16.5. The molecule has 0 saturated carbocycles. The quantitative estimate of drug-likeness (QED) is 0.488. The maximum Gasteiger partial charge on any atom is 0.191 e. The first-order valence-corrected chi connectivity index (χ1v) is 9.23. The molecule has 0 bridgehead atoms. The van der Waals surface area contributed by atoms with Gasteiger partial charge in [-0.05, 0) is 36.6 Å². The molecule has 0 aliphatic heterocycles. The molecule has 0 unspecified atom stereocenters. The molecule has 28 heavy (non-hydrogen) atoms. The van der Waals surface area contributed by atoms with E-state index in [4.69, 9.17) is 4.74 Å². The third-order valence-corrected chi connectivity index (χ3v) is 4.44. The minimum absolute atomic E-state index is 0.643. The number of methoxy groups -OCH3 is 1. The Bertz CT molecular complexity index is 917. The Morgan fingerprint density at radius 3 is 2.68 bits per heavy atom. The average Bonchev–Trinajstić information content (AvgIpc) is 3.17. The SMILES string of the molecule is CN=C(NCCc1ccccc1OC)NCc1ccc(-n2ccnc2C)nc1. The molecule has 0 radical (unpaired) electrons. The zero-order valence-corrected chi connectivity index (χ0v) is 16.5. The topological polar surface area (TPSA) is 76.4 Å². The minimum Gasteiger partial charge on any atom is -0.496 e. The van der Waals surface area contributed by atoms with E-state index in [2.05, 4.69) is 37.7 Å². The first-order chi connectivity index (χ1) is 13.7. The van der Waals surface area contributed by atoms with Crippen molar-refractivity contribution in [1.29, 1.82) is 0 Å². The van der Waals surface area contributed by atoms with Crippen LogP contribution < -0.4 is 15.4 Å². The number of hydrogen-bond acceptors (Lipinski definition) is 4. The van der Waals surface area contributed by atoms with Crippen LogP contribution in [0.5, 0.6) is 5.75 Å². The molecule has 2 heterocycles. The van der Waals surface area contributed by atoms with E-state index in [1.165, 1.54) is 5.56 Å². The number of rotatable bonds is 7. The second-order valence-corrected chi connectivity index (χ2v) is 6.28. The van der Waals surface area contributed by atoms with Crippen molar-refractivity contribution in [2.24, 2.45) is 4.99 Å². The molecular formula is C21H26N6O. The van der Waals surface area contributed by atoms with Gasteiger partial charge in [-0.3, -0.25) is 9.56 Å². The van der Waals surface area contributed by atoms with Gasteiger partial charge in [0, 0.05) is 38.7 Å². The Hall–Kier alpha value is -3.35. The molecule has 0 spiro atoms. The van der Waals surface area contributed by atoms with Gasteiger partial charge in [-0.1, -0.05) is 24.3 Å². The van der Waals surface area contributed by atoms with Crippen LogP contribution in [0.15, 0.2) is 60.0 Å². The van der Waals surface area contributed by atoms with Gasteiger partial charge in [-0.15, -0.1) is 0 Å². The van der Waals surface area contributed by atoms with Crippen LogP contribution in [-0.2, 0) is 13.0 Å². The number of benzene rings is 1. The molecule has 0 fully saturated rings. The molecule has 2 aromatic heterocycles. The highest BCUT2D eigenvalue weighted by atomic mass is 16.5. The standard InChI is InChI=1S/C21H26N6O/c1-16-23-12-13-27(16)20-9-8-17(14-25-20)15-26-21(22-2)24-11-10-18-6-4-5-7-19(18)28-3/h4-9,12-14H,10-11,15H2,1-3H3,(H2,22,24,26). The van der Waals surface area contributed by atoms with Crippen molar-refractivity contribution in [3.05, 3.63) is 71.9 Å². The van der Waals surface area contributed by atoms with E-state index in [1.807, 2.05) is 48.1 Å². The maximum atomic E-state index is 5.39. The van der Waals surface area contributed by atoms with E-state index in [9.17, 15) is 0 Å². The molecular weight excluding hydrogens is 352 g/mol. The fraction of sp³-hybridized carbons (Fsp3) is 0.286. The van der Waals surface area contributed by atoms with E-state index < -0.39 is 0 Å². The first-order valence-electron chi connectivity index (χ1n) is 9.23. The Morgan fingerprint density at radius 1 is 1.14 bits per heavy atom. The van der Waals surface area contributed by atoms with E-state index >= 15 is 0 Å². The Morgan fingerprint density at radius 2 is 2.00 bits per heavy atom. The molecule has 146 valence electrons. The predicted octanol–water partition coefficient (Wildman–Crippen LogP) is 2.49. The van der Waals surface area contributed by atoms with Gasteiger partial charge < -0.3 is 15.4 Å². The Labute approximate surface area is 165 Å². The second-order valence-electron chi connectivity index (χ2n) is 6.28. The van der Waals surface area contributed by atoms with Crippen LogP contribution in [0.1, 0.15) is 17.0 Å². The molecule has 3 rings (SSSR count). The van der Waals surface area contributed by atoms with Crippen molar-refractivity contribution in [2.75, 3.05) is 20.7 Å². The number of para-hydroxylation sites is 1. The molecule has 1 aromatic carbocycles. The summed E-state index contributed by atoms with van der Waals surface area (Å²) < 4.78 is 7.35. The number of aromatic nitrogens is 3. The number of aliphatic imine (C=N–C) groups is 1. The molecule has 7 nitrogen and oxygen atoms in total. The highest BCUT2D eigenvalue weighted by molar-refractivity contribution is 5.79. The van der Waals surface area contributed by atoms with Crippen LogP contribution in [-0.4, -0.2) is 41.2 Å². The van der Waals surface area contributed by atoms with Gasteiger partial charge >= 0.3 is 0 Å². The van der Waals surface area contributed by atoms with Crippen LogP contribution in [0, 0.1) is 6.92 Å². The molecule has 2 N–H and O–H groups in total. The maximum absolute atomic E-state index is 5.39.